The van der Waals surface area contributed by atoms with Gasteiger partial charge in [0.1, 0.15) is 5.82 Å². The summed E-state index contributed by atoms with van der Waals surface area (Å²) < 4.78 is 0. The summed E-state index contributed by atoms with van der Waals surface area (Å²) in [6.45, 7) is 1.97. The van der Waals surface area contributed by atoms with Crippen molar-refractivity contribution in [3.8, 4) is 0 Å². The fraction of sp³-hybridized carbons (Fsp3) is 0.583. The standard InChI is InChI=1S/C12H18N2OS/c1-8-6-9(12(13)14-7-8)11(15)10-4-2-3-5-16-10/h6-7,10-11,15H,2-5H2,1H3,(H2,13,14). The van der Waals surface area contributed by atoms with Crippen LogP contribution in [0.15, 0.2) is 12.3 Å². The van der Waals surface area contributed by atoms with Gasteiger partial charge in [-0.15, -0.1) is 0 Å². The number of aliphatic hydroxyl groups excluding tert-OH is 1. The molecule has 1 saturated heterocycles. The number of aliphatic hydroxyl groups is 1. The summed E-state index contributed by atoms with van der Waals surface area (Å²) in [5.41, 5.74) is 7.65. The van der Waals surface area contributed by atoms with Gasteiger partial charge in [0.25, 0.3) is 0 Å². The first kappa shape index (κ1) is 11.7. The summed E-state index contributed by atoms with van der Waals surface area (Å²) in [6.07, 6.45) is 4.79. The monoisotopic (exact) mass is 238 g/mol. The van der Waals surface area contributed by atoms with Crippen molar-refractivity contribution < 1.29 is 5.11 Å². The Labute approximate surface area is 100 Å². The van der Waals surface area contributed by atoms with Gasteiger partial charge in [-0.2, -0.15) is 11.8 Å². The third kappa shape index (κ3) is 2.50. The number of pyridine rings is 1. The van der Waals surface area contributed by atoms with Gasteiger partial charge in [-0.05, 0) is 37.1 Å². The highest BCUT2D eigenvalue weighted by atomic mass is 32.2. The SMILES string of the molecule is Cc1cnc(N)c(C(O)C2CCCCS2)c1. The van der Waals surface area contributed by atoms with Gasteiger partial charge in [0, 0.05) is 17.0 Å². The number of rotatable bonds is 2. The maximum absolute atomic E-state index is 10.3. The molecular formula is C12H18N2OS. The first-order valence-electron chi connectivity index (χ1n) is 5.70. The molecule has 3 nitrogen and oxygen atoms in total. The summed E-state index contributed by atoms with van der Waals surface area (Å²) in [5, 5.41) is 10.6. The summed E-state index contributed by atoms with van der Waals surface area (Å²) in [5.74, 6) is 1.60. The second-order valence-electron chi connectivity index (χ2n) is 4.34. The normalized spacial score (nSPS) is 23.0. The van der Waals surface area contributed by atoms with Crippen LogP contribution in [0.25, 0.3) is 0 Å². The molecule has 88 valence electrons. The highest BCUT2D eigenvalue weighted by molar-refractivity contribution is 7.99. The predicted octanol–water partition coefficient (Wildman–Crippen LogP) is 2.29. The molecule has 4 heteroatoms. The number of thioether (sulfide) groups is 1. The Hall–Kier alpha value is -0.740. The van der Waals surface area contributed by atoms with E-state index < -0.39 is 6.10 Å². The minimum atomic E-state index is -0.474. The molecule has 2 rings (SSSR count). The maximum Gasteiger partial charge on any atom is 0.129 e. The van der Waals surface area contributed by atoms with E-state index in [0.29, 0.717) is 5.82 Å². The Kier molecular flexibility index (Phi) is 3.71. The molecule has 0 bridgehead atoms. The maximum atomic E-state index is 10.3. The minimum Gasteiger partial charge on any atom is -0.387 e. The van der Waals surface area contributed by atoms with Crippen LogP contribution in [0.3, 0.4) is 0 Å². The number of nitrogen functional groups attached to an aromatic ring is 1. The lowest BCUT2D eigenvalue weighted by molar-refractivity contribution is 0.169. The molecule has 1 aliphatic rings. The minimum absolute atomic E-state index is 0.277. The third-order valence-electron chi connectivity index (χ3n) is 2.97. The van der Waals surface area contributed by atoms with Crippen LogP contribution in [0.2, 0.25) is 0 Å². The van der Waals surface area contributed by atoms with Gasteiger partial charge in [-0.25, -0.2) is 4.98 Å². The molecule has 2 atom stereocenters. The Morgan fingerprint density at radius 1 is 1.56 bits per heavy atom. The van der Waals surface area contributed by atoms with Gasteiger partial charge in [0.15, 0.2) is 0 Å². The summed E-state index contributed by atoms with van der Waals surface area (Å²) >= 11 is 1.85. The number of hydrogen-bond acceptors (Lipinski definition) is 4. The van der Waals surface area contributed by atoms with E-state index in [4.69, 9.17) is 5.73 Å². The highest BCUT2D eigenvalue weighted by Gasteiger charge is 2.25. The molecule has 3 N–H and O–H groups in total. The quantitative estimate of drug-likeness (QED) is 0.830. The van der Waals surface area contributed by atoms with Crippen molar-refractivity contribution in [1.82, 2.24) is 4.98 Å². The second-order valence-corrected chi connectivity index (χ2v) is 5.68. The fourth-order valence-corrected chi connectivity index (χ4v) is 3.39. The van der Waals surface area contributed by atoms with Crippen molar-refractivity contribution in [3.63, 3.8) is 0 Å². The molecule has 2 unspecified atom stereocenters. The number of nitrogens with zero attached hydrogens (tertiary/aromatic N) is 1. The molecule has 0 spiro atoms. The number of aryl methyl sites for hydroxylation is 1. The lowest BCUT2D eigenvalue weighted by atomic mass is 10.0. The Morgan fingerprint density at radius 2 is 2.38 bits per heavy atom. The van der Waals surface area contributed by atoms with Crippen molar-refractivity contribution in [1.29, 1.82) is 0 Å². The van der Waals surface area contributed by atoms with Crippen LogP contribution in [0.5, 0.6) is 0 Å². The zero-order valence-electron chi connectivity index (χ0n) is 9.52. The average Bonchev–Trinajstić information content (AvgIpc) is 2.32. The van der Waals surface area contributed by atoms with E-state index in [1.54, 1.807) is 6.20 Å². The molecule has 16 heavy (non-hydrogen) atoms. The van der Waals surface area contributed by atoms with Gasteiger partial charge in [-0.1, -0.05) is 6.42 Å². The first-order valence-corrected chi connectivity index (χ1v) is 6.75. The second kappa shape index (κ2) is 5.06. The Balaban J connectivity index is 2.18. The zero-order chi connectivity index (χ0) is 11.5. The zero-order valence-corrected chi connectivity index (χ0v) is 10.3. The van der Waals surface area contributed by atoms with Crippen molar-refractivity contribution in [3.05, 3.63) is 23.4 Å². The Bertz CT molecular complexity index is 364. The third-order valence-corrected chi connectivity index (χ3v) is 4.42. The van der Waals surface area contributed by atoms with E-state index in [2.05, 4.69) is 4.98 Å². The van der Waals surface area contributed by atoms with Crippen LogP contribution in [-0.2, 0) is 0 Å². The fourth-order valence-electron chi connectivity index (χ4n) is 2.05. The van der Waals surface area contributed by atoms with E-state index in [9.17, 15) is 5.11 Å². The van der Waals surface area contributed by atoms with Gasteiger partial charge in [0.05, 0.1) is 6.10 Å². The average molecular weight is 238 g/mol. The van der Waals surface area contributed by atoms with Gasteiger partial charge in [-0.3, -0.25) is 0 Å². The van der Waals surface area contributed by atoms with Crippen LogP contribution in [0, 0.1) is 6.92 Å². The number of hydrogen-bond donors (Lipinski definition) is 2. The molecule has 1 aliphatic heterocycles. The van der Waals surface area contributed by atoms with E-state index in [1.165, 1.54) is 12.8 Å². The van der Waals surface area contributed by atoms with Gasteiger partial charge >= 0.3 is 0 Å². The van der Waals surface area contributed by atoms with Crippen molar-refractivity contribution in [2.24, 2.45) is 0 Å². The lowest BCUT2D eigenvalue weighted by Gasteiger charge is -2.26. The van der Waals surface area contributed by atoms with E-state index in [0.717, 1.165) is 23.3 Å². The summed E-state index contributed by atoms with van der Waals surface area (Å²) in [6, 6.07) is 1.95. The van der Waals surface area contributed by atoms with Crippen molar-refractivity contribution in [2.75, 3.05) is 11.5 Å². The smallest absolute Gasteiger partial charge is 0.129 e. The first-order chi connectivity index (χ1) is 7.68. The highest BCUT2D eigenvalue weighted by Crippen LogP contribution is 2.36. The van der Waals surface area contributed by atoms with Crippen LogP contribution >= 0.6 is 11.8 Å². The molecule has 0 aromatic carbocycles. The molecular weight excluding hydrogens is 220 g/mol. The molecule has 0 radical (unpaired) electrons. The summed E-state index contributed by atoms with van der Waals surface area (Å²) in [7, 11) is 0. The van der Waals surface area contributed by atoms with E-state index in [1.807, 2.05) is 24.8 Å². The van der Waals surface area contributed by atoms with Crippen molar-refractivity contribution in [2.45, 2.75) is 37.5 Å². The lowest BCUT2D eigenvalue weighted by Crippen LogP contribution is -2.20. The Morgan fingerprint density at radius 3 is 3.06 bits per heavy atom. The topological polar surface area (TPSA) is 59.1 Å². The largest absolute Gasteiger partial charge is 0.387 e. The summed E-state index contributed by atoms with van der Waals surface area (Å²) in [4.78, 5) is 4.10. The van der Waals surface area contributed by atoms with Crippen LogP contribution in [0.4, 0.5) is 5.82 Å². The predicted molar refractivity (Wildman–Crippen MR) is 68.4 cm³/mol. The van der Waals surface area contributed by atoms with E-state index in [-0.39, 0.29) is 5.25 Å². The molecule has 1 fully saturated rings. The molecule has 2 heterocycles. The van der Waals surface area contributed by atoms with E-state index >= 15 is 0 Å². The molecule has 1 aromatic heterocycles. The number of anilines is 1. The molecule has 0 aliphatic carbocycles. The number of aromatic nitrogens is 1. The van der Waals surface area contributed by atoms with Gasteiger partial charge < -0.3 is 10.8 Å². The van der Waals surface area contributed by atoms with Gasteiger partial charge in [0.2, 0.25) is 0 Å². The molecule has 1 aromatic rings. The molecule has 0 amide bonds. The van der Waals surface area contributed by atoms with Crippen molar-refractivity contribution >= 4 is 17.6 Å². The van der Waals surface area contributed by atoms with Crippen LogP contribution in [0.1, 0.15) is 36.5 Å². The van der Waals surface area contributed by atoms with Crippen LogP contribution in [-0.4, -0.2) is 21.1 Å². The van der Waals surface area contributed by atoms with Crippen LogP contribution < -0.4 is 5.73 Å². The number of nitrogens with two attached hydrogens (primary N) is 1. The molecule has 0 saturated carbocycles.